The molecule has 27 heavy (non-hydrogen) atoms. The number of guanidine groups is 1. The Morgan fingerprint density at radius 3 is 2.30 bits per heavy atom. The maximum absolute atomic E-state index is 12.4. The summed E-state index contributed by atoms with van der Waals surface area (Å²) >= 11 is 0. The summed E-state index contributed by atoms with van der Waals surface area (Å²) in [5, 5.41) is 3.64. The first kappa shape index (κ1) is 21.1. The smallest absolute Gasteiger partial charge is 0.236 e. The van der Waals surface area contributed by atoms with Gasteiger partial charge in [0.1, 0.15) is 0 Å². The highest BCUT2D eigenvalue weighted by Crippen LogP contribution is 2.60. The standard InChI is InChI=1S/C19H33N5O2.HI/c1-20-18(21-15-19(4-5-19)16-2-3-16)24-8-6-22(7-9-24)14-17(25)23-10-12-26-13-11-23;/h16H,2-15H2,1H3,(H,20,21);1H. The Balaban J connectivity index is 0.00000210. The topological polar surface area (TPSA) is 60.4 Å². The summed E-state index contributed by atoms with van der Waals surface area (Å²) in [7, 11) is 1.88. The number of ether oxygens (including phenoxy) is 1. The van der Waals surface area contributed by atoms with Crippen LogP contribution in [0.5, 0.6) is 0 Å². The van der Waals surface area contributed by atoms with Crippen molar-refractivity contribution in [3.63, 3.8) is 0 Å². The third kappa shape index (κ3) is 5.26. The molecule has 0 spiro atoms. The van der Waals surface area contributed by atoms with Gasteiger partial charge in [-0.15, -0.1) is 24.0 Å². The molecule has 1 amide bonds. The van der Waals surface area contributed by atoms with Crippen molar-refractivity contribution < 1.29 is 9.53 Å². The predicted molar refractivity (Wildman–Crippen MR) is 117 cm³/mol. The van der Waals surface area contributed by atoms with Crippen molar-refractivity contribution in [2.75, 3.05) is 72.6 Å². The molecule has 2 saturated carbocycles. The number of carbonyl (C=O) groups is 1. The largest absolute Gasteiger partial charge is 0.378 e. The van der Waals surface area contributed by atoms with Crippen LogP contribution in [0.25, 0.3) is 0 Å². The molecule has 0 aromatic rings. The van der Waals surface area contributed by atoms with Crippen LogP contribution in [0.1, 0.15) is 25.7 Å². The van der Waals surface area contributed by atoms with E-state index >= 15 is 0 Å². The fourth-order valence-corrected chi connectivity index (χ4v) is 4.39. The van der Waals surface area contributed by atoms with Crippen LogP contribution < -0.4 is 5.32 Å². The van der Waals surface area contributed by atoms with Gasteiger partial charge in [0.2, 0.25) is 5.91 Å². The fraction of sp³-hybridized carbons (Fsp3) is 0.895. The average Bonchev–Trinajstić information content (AvgIpc) is 3.57. The van der Waals surface area contributed by atoms with Crippen LogP contribution in [0.15, 0.2) is 4.99 Å². The van der Waals surface area contributed by atoms with E-state index in [4.69, 9.17) is 4.74 Å². The van der Waals surface area contributed by atoms with E-state index in [0.717, 1.165) is 57.7 Å². The molecule has 4 aliphatic rings. The van der Waals surface area contributed by atoms with Crippen LogP contribution in [0.3, 0.4) is 0 Å². The van der Waals surface area contributed by atoms with E-state index in [1.54, 1.807) is 0 Å². The van der Waals surface area contributed by atoms with E-state index in [2.05, 4.69) is 20.1 Å². The lowest BCUT2D eigenvalue weighted by atomic mass is 10.0. The molecule has 0 atom stereocenters. The van der Waals surface area contributed by atoms with Gasteiger partial charge in [-0.1, -0.05) is 0 Å². The lowest BCUT2D eigenvalue weighted by Gasteiger charge is -2.37. The van der Waals surface area contributed by atoms with E-state index in [1.165, 1.54) is 25.7 Å². The van der Waals surface area contributed by atoms with Crippen LogP contribution in [-0.2, 0) is 9.53 Å². The van der Waals surface area contributed by atoms with E-state index in [-0.39, 0.29) is 29.9 Å². The van der Waals surface area contributed by atoms with Crippen molar-refractivity contribution in [2.45, 2.75) is 25.7 Å². The van der Waals surface area contributed by atoms with Crippen molar-refractivity contribution in [3.8, 4) is 0 Å². The number of morpholine rings is 1. The molecule has 2 heterocycles. The molecule has 4 rings (SSSR count). The molecule has 8 heteroatoms. The second kappa shape index (κ2) is 9.26. The van der Waals surface area contributed by atoms with Gasteiger partial charge in [-0.25, -0.2) is 0 Å². The number of rotatable bonds is 5. The Morgan fingerprint density at radius 1 is 1.07 bits per heavy atom. The summed E-state index contributed by atoms with van der Waals surface area (Å²) in [6.45, 7) is 8.14. The number of amides is 1. The van der Waals surface area contributed by atoms with Gasteiger partial charge in [-0.3, -0.25) is 14.7 Å². The molecule has 0 bridgehead atoms. The summed E-state index contributed by atoms with van der Waals surface area (Å²) in [4.78, 5) is 23.5. The Bertz CT molecular complexity index is 536. The summed E-state index contributed by atoms with van der Waals surface area (Å²) in [6.07, 6.45) is 5.63. The zero-order chi connectivity index (χ0) is 18.0. The highest BCUT2D eigenvalue weighted by atomic mass is 127. The van der Waals surface area contributed by atoms with Gasteiger partial charge in [0.15, 0.2) is 5.96 Å². The van der Waals surface area contributed by atoms with E-state index in [0.29, 0.717) is 25.2 Å². The predicted octanol–water partition coefficient (Wildman–Crippen LogP) is 0.846. The Labute approximate surface area is 179 Å². The fourth-order valence-electron chi connectivity index (χ4n) is 4.39. The minimum atomic E-state index is 0. The van der Waals surface area contributed by atoms with Gasteiger partial charge < -0.3 is 19.9 Å². The van der Waals surface area contributed by atoms with Crippen molar-refractivity contribution in [2.24, 2.45) is 16.3 Å². The molecule has 2 aliphatic carbocycles. The van der Waals surface area contributed by atoms with Gasteiger partial charge in [0.25, 0.3) is 0 Å². The summed E-state index contributed by atoms with van der Waals surface area (Å²) in [5.74, 6) is 2.25. The lowest BCUT2D eigenvalue weighted by molar-refractivity contribution is -0.136. The van der Waals surface area contributed by atoms with Crippen LogP contribution in [0, 0.1) is 11.3 Å². The molecule has 1 N–H and O–H groups in total. The third-order valence-electron chi connectivity index (χ3n) is 6.54. The third-order valence-corrected chi connectivity index (χ3v) is 6.54. The Morgan fingerprint density at radius 2 is 1.74 bits per heavy atom. The molecule has 0 unspecified atom stereocenters. The summed E-state index contributed by atoms with van der Waals surface area (Å²) in [5.41, 5.74) is 0.586. The maximum atomic E-state index is 12.4. The van der Waals surface area contributed by atoms with E-state index in [1.807, 2.05) is 11.9 Å². The maximum Gasteiger partial charge on any atom is 0.236 e. The van der Waals surface area contributed by atoms with Crippen LogP contribution in [0.2, 0.25) is 0 Å². The normalized spacial score (nSPS) is 25.7. The zero-order valence-electron chi connectivity index (χ0n) is 16.5. The van der Waals surface area contributed by atoms with Gasteiger partial charge >= 0.3 is 0 Å². The first-order valence-corrected chi connectivity index (χ1v) is 10.2. The number of carbonyl (C=O) groups excluding carboxylic acids is 1. The van der Waals surface area contributed by atoms with Crippen molar-refractivity contribution in [1.29, 1.82) is 0 Å². The van der Waals surface area contributed by atoms with Gasteiger partial charge in [-0.05, 0) is 37.0 Å². The Hall–Kier alpha value is -0.610. The molecule has 0 aromatic heterocycles. The van der Waals surface area contributed by atoms with Crippen LogP contribution in [0.4, 0.5) is 0 Å². The number of hydrogen-bond acceptors (Lipinski definition) is 4. The number of hydrogen-bond donors (Lipinski definition) is 1. The molecule has 4 fully saturated rings. The second-order valence-corrected chi connectivity index (χ2v) is 8.29. The van der Waals surface area contributed by atoms with Crippen LogP contribution in [-0.4, -0.2) is 99.2 Å². The van der Waals surface area contributed by atoms with E-state index in [9.17, 15) is 4.79 Å². The molecular weight excluding hydrogens is 457 g/mol. The quantitative estimate of drug-likeness (QED) is 0.351. The van der Waals surface area contributed by atoms with Crippen molar-refractivity contribution >= 4 is 35.8 Å². The SMILES string of the molecule is CN=C(NCC1(C2CC2)CC1)N1CCN(CC(=O)N2CCOCC2)CC1.I. The number of aliphatic imine (C=N–C) groups is 1. The number of nitrogens with one attached hydrogen (secondary N) is 1. The monoisotopic (exact) mass is 491 g/mol. The number of halogens is 1. The number of nitrogens with zero attached hydrogens (tertiary/aromatic N) is 4. The summed E-state index contributed by atoms with van der Waals surface area (Å²) < 4.78 is 5.33. The minimum absolute atomic E-state index is 0. The number of piperazine rings is 1. The molecule has 0 radical (unpaired) electrons. The van der Waals surface area contributed by atoms with Crippen molar-refractivity contribution in [1.82, 2.24) is 20.0 Å². The molecule has 0 aromatic carbocycles. The highest BCUT2D eigenvalue weighted by molar-refractivity contribution is 14.0. The van der Waals surface area contributed by atoms with Crippen LogP contribution >= 0.6 is 24.0 Å². The average molecular weight is 491 g/mol. The Kier molecular flexibility index (Phi) is 7.24. The lowest BCUT2D eigenvalue weighted by Crippen LogP contribution is -2.55. The zero-order valence-corrected chi connectivity index (χ0v) is 18.8. The first-order chi connectivity index (χ1) is 12.7. The summed E-state index contributed by atoms with van der Waals surface area (Å²) in [6, 6.07) is 0. The second-order valence-electron chi connectivity index (χ2n) is 8.29. The highest BCUT2D eigenvalue weighted by Gasteiger charge is 2.53. The van der Waals surface area contributed by atoms with Gasteiger partial charge in [0, 0.05) is 52.9 Å². The molecule has 2 saturated heterocycles. The molecule has 2 aliphatic heterocycles. The van der Waals surface area contributed by atoms with Crippen molar-refractivity contribution in [3.05, 3.63) is 0 Å². The molecule has 154 valence electrons. The first-order valence-electron chi connectivity index (χ1n) is 10.2. The van der Waals surface area contributed by atoms with Gasteiger partial charge in [0.05, 0.1) is 19.8 Å². The minimum Gasteiger partial charge on any atom is -0.378 e. The molecule has 7 nitrogen and oxygen atoms in total. The molecular formula is C19H34IN5O2. The van der Waals surface area contributed by atoms with Gasteiger partial charge in [-0.2, -0.15) is 0 Å². The van der Waals surface area contributed by atoms with E-state index < -0.39 is 0 Å².